The van der Waals surface area contributed by atoms with Crippen LogP contribution in [0.4, 0.5) is 0 Å². The minimum Gasteiger partial charge on any atom is -0.322 e. The molecule has 2 nitrogen and oxygen atoms in total. The van der Waals surface area contributed by atoms with E-state index in [4.69, 9.17) is 28.2 Å². The first-order valence-electron chi connectivity index (χ1n) is 6.78. The van der Waals surface area contributed by atoms with Gasteiger partial charge in [0.15, 0.2) is 0 Å². The highest BCUT2D eigenvalue weighted by Crippen LogP contribution is 2.46. The fraction of sp³-hybridized carbons (Fsp3) is 0.533. The molecule has 0 N–H and O–H groups in total. The number of benzene rings is 1. The largest absolute Gasteiger partial charge is 0.322 e. The van der Waals surface area contributed by atoms with E-state index in [0.717, 1.165) is 34.2 Å². The van der Waals surface area contributed by atoms with E-state index >= 15 is 0 Å². The van der Waals surface area contributed by atoms with Crippen molar-refractivity contribution < 1.29 is 0 Å². The van der Waals surface area contributed by atoms with Crippen LogP contribution in [0.25, 0.3) is 11.0 Å². The average Bonchev–Trinajstić information content (AvgIpc) is 3.13. The molecule has 1 saturated carbocycles. The first-order valence-corrected chi connectivity index (χ1v) is 7.69. The molecule has 0 bridgehead atoms. The standard InChI is InChI=1S/C15H18Cl2N2/c1-15(2,10-6-7-10)19-12-5-3-4-11(17)14(12)18-13(19)8-9-16/h3-5,10H,6-9H2,1-2H3. The Labute approximate surface area is 123 Å². The first-order chi connectivity index (χ1) is 9.05. The number of fused-ring (bicyclic) bond motifs is 1. The molecule has 1 aliphatic carbocycles. The third-order valence-corrected chi connectivity index (χ3v) is 4.67. The lowest BCUT2D eigenvalue weighted by Crippen LogP contribution is -2.30. The topological polar surface area (TPSA) is 17.8 Å². The summed E-state index contributed by atoms with van der Waals surface area (Å²) in [6.07, 6.45) is 3.38. The smallest absolute Gasteiger partial charge is 0.111 e. The van der Waals surface area contributed by atoms with Gasteiger partial charge in [0.2, 0.25) is 0 Å². The van der Waals surface area contributed by atoms with Gasteiger partial charge < -0.3 is 4.57 Å². The van der Waals surface area contributed by atoms with Crippen molar-refractivity contribution in [1.82, 2.24) is 9.55 Å². The quantitative estimate of drug-likeness (QED) is 0.753. The van der Waals surface area contributed by atoms with Crippen molar-refractivity contribution in [2.45, 2.75) is 38.6 Å². The molecule has 0 radical (unpaired) electrons. The second kappa shape index (κ2) is 4.68. The Bertz CT molecular complexity index is 612. The van der Waals surface area contributed by atoms with Crippen LogP contribution in [-0.2, 0) is 12.0 Å². The molecule has 0 aliphatic heterocycles. The van der Waals surface area contributed by atoms with E-state index in [9.17, 15) is 0 Å². The first kappa shape index (κ1) is 13.3. The molecule has 0 unspecified atom stereocenters. The molecule has 4 heteroatoms. The van der Waals surface area contributed by atoms with E-state index in [0.29, 0.717) is 5.88 Å². The molecule has 0 atom stereocenters. The van der Waals surface area contributed by atoms with Crippen LogP contribution in [0.1, 0.15) is 32.5 Å². The number of rotatable bonds is 4. The normalized spacial score (nSPS) is 16.2. The Balaban J connectivity index is 2.24. The number of aromatic nitrogens is 2. The van der Waals surface area contributed by atoms with E-state index in [2.05, 4.69) is 24.5 Å². The van der Waals surface area contributed by atoms with Gasteiger partial charge in [0, 0.05) is 17.8 Å². The van der Waals surface area contributed by atoms with Crippen LogP contribution in [0, 0.1) is 5.92 Å². The Morgan fingerprint density at radius 3 is 2.74 bits per heavy atom. The lowest BCUT2D eigenvalue weighted by molar-refractivity contribution is 0.305. The molecular formula is C15H18Cl2N2. The molecule has 3 rings (SSSR count). The Hall–Kier alpha value is -0.730. The second-order valence-corrected chi connectivity index (χ2v) is 6.62. The van der Waals surface area contributed by atoms with Crippen molar-refractivity contribution in [3.63, 3.8) is 0 Å². The zero-order valence-electron chi connectivity index (χ0n) is 11.3. The number of hydrogen-bond donors (Lipinski definition) is 0. The van der Waals surface area contributed by atoms with Gasteiger partial charge in [-0.05, 0) is 44.7 Å². The van der Waals surface area contributed by atoms with Crippen LogP contribution < -0.4 is 0 Å². The number of para-hydroxylation sites is 1. The summed E-state index contributed by atoms with van der Waals surface area (Å²) in [7, 11) is 0. The number of halogens is 2. The summed E-state index contributed by atoms with van der Waals surface area (Å²) < 4.78 is 2.36. The lowest BCUT2D eigenvalue weighted by atomic mass is 9.97. The van der Waals surface area contributed by atoms with Crippen LogP contribution in [0.5, 0.6) is 0 Å². The zero-order chi connectivity index (χ0) is 13.6. The predicted octanol–water partition coefficient (Wildman–Crippen LogP) is 4.62. The fourth-order valence-corrected chi connectivity index (χ4v) is 3.36. The lowest BCUT2D eigenvalue weighted by Gasteiger charge is -2.29. The van der Waals surface area contributed by atoms with Crippen molar-refractivity contribution in [2.75, 3.05) is 5.88 Å². The van der Waals surface area contributed by atoms with Gasteiger partial charge in [0.05, 0.1) is 10.5 Å². The fourth-order valence-electron chi connectivity index (χ4n) is 2.98. The highest BCUT2D eigenvalue weighted by atomic mass is 35.5. The highest BCUT2D eigenvalue weighted by Gasteiger charge is 2.41. The van der Waals surface area contributed by atoms with E-state index < -0.39 is 0 Å². The van der Waals surface area contributed by atoms with Gasteiger partial charge in [-0.2, -0.15) is 0 Å². The number of aryl methyl sites for hydroxylation is 1. The van der Waals surface area contributed by atoms with Crippen LogP contribution in [0.3, 0.4) is 0 Å². The minimum atomic E-state index is 0.0842. The predicted molar refractivity (Wildman–Crippen MR) is 81.2 cm³/mol. The summed E-state index contributed by atoms with van der Waals surface area (Å²) in [5, 5.41) is 0.721. The van der Waals surface area contributed by atoms with Gasteiger partial charge in [0.25, 0.3) is 0 Å². The number of nitrogens with zero attached hydrogens (tertiary/aromatic N) is 2. The maximum Gasteiger partial charge on any atom is 0.111 e. The molecule has 1 heterocycles. The van der Waals surface area contributed by atoms with Crippen LogP contribution in [0.15, 0.2) is 18.2 Å². The Morgan fingerprint density at radius 1 is 1.37 bits per heavy atom. The molecule has 0 amide bonds. The minimum absolute atomic E-state index is 0.0842. The molecule has 1 fully saturated rings. The van der Waals surface area contributed by atoms with E-state index in [1.54, 1.807) is 0 Å². The number of alkyl halides is 1. The molecule has 102 valence electrons. The molecule has 1 aliphatic rings. The molecule has 1 aromatic carbocycles. The molecular weight excluding hydrogens is 279 g/mol. The van der Waals surface area contributed by atoms with Gasteiger partial charge in [-0.25, -0.2) is 4.98 Å². The summed E-state index contributed by atoms with van der Waals surface area (Å²) in [5.74, 6) is 2.37. The SMILES string of the molecule is CC(C)(C1CC1)n1c(CCCl)nc2c(Cl)cccc21. The van der Waals surface area contributed by atoms with Crippen molar-refractivity contribution in [1.29, 1.82) is 0 Å². The van der Waals surface area contributed by atoms with E-state index in [1.165, 1.54) is 12.8 Å². The van der Waals surface area contributed by atoms with Gasteiger partial charge in [-0.1, -0.05) is 17.7 Å². The Kier molecular flexibility index (Phi) is 3.26. The van der Waals surface area contributed by atoms with Crippen LogP contribution in [-0.4, -0.2) is 15.4 Å². The van der Waals surface area contributed by atoms with Crippen molar-refractivity contribution in [3.05, 3.63) is 29.0 Å². The summed E-state index contributed by atoms with van der Waals surface area (Å²) in [4.78, 5) is 4.72. The molecule has 0 spiro atoms. The third kappa shape index (κ3) is 2.15. The van der Waals surface area contributed by atoms with Gasteiger partial charge in [-0.3, -0.25) is 0 Å². The van der Waals surface area contributed by atoms with Crippen LogP contribution >= 0.6 is 23.2 Å². The summed E-state index contributed by atoms with van der Waals surface area (Å²) in [6, 6.07) is 6.00. The number of imidazole rings is 1. The maximum atomic E-state index is 6.28. The summed E-state index contributed by atoms with van der Waals surface area (Å²) >= 11 is 12.2. The molecule has 2 aromatic rings. The van der Waals surface area contributed by atoms with Crippen LogP contribution in [0.2, 0.25) is 5.02 Å². The second-order valence-electron chi connectivity index (χ2n) is 5.84. The maximum absolute atomic E-state index is 6.28. The third-order valence-electron chi connectivity index (χ3n) is 4.18. The molecule has 0 saturated heterocycles. The zero-order valence-corrected chi connectivity index (χ0v) is 12.8. The van der Waals surface area contributed by atoms with Crippen molar-refractivity contribution >= 4 is 34.2 Å². The number of hydrogen-bond acceptors (Lipinski definition) is 1. The van der Waals surface area contributed by atoms with Gasteiger partial charge in [-0.15, -0.1) is 11.6 Å². The van der Waals surface area contributed by atoms with E-state index in [-0.39, 0.29) is 5.54 Å². The van der Waals surface area contributed by atoms with Gasteiger partial charge >= 0.3 is 0 Å². The Morgan fingerprint density at radius 2 is 2.11 bits per heavy atom. The average molecular weight is 297 g/mol. The van der Waals surface area contributed by atoms with E-state index in [1.807, 2.05) is 12.1 Å². The summed E-state index contributed by atoms with van der Waals surface area (Å²) in [6.45, 7) is 4.59. The highest BCUT2D eigenvalue weighted by molar-refractivity contribution is 6.34. The monoisotopic (exact) mass is 296 g/mol. The van der Waals surface area contributed by atoms with Gasteiger partial charge in [0.1, 0.15) is 11.3 Å². The van der Waals surface area contributed by atoms with Crippen molar-refractivity contribution in [3.8, 4) is 0 Å². The molecule has 1 aromatic heterocycles. The van der Waals surface area contributed by atoms with Crippen molar-refractivity contribution in [2.24, 2.45) is 5.92 Å². The summed E-state index contributed by atoms with van der Waals surface area (Å²) in [5.41, 5.74) is 2.11. The molecule has 19 heavy (non-hydrogen) atoms.